The maximum Gasteiger partial charge on any atom is 0.243 e. The summed E-state index contributed by atoms with van der Waals surface area (Å²) in [5.74, 6) is 0.905. The molecule has 0 unspecified atom stereocenters. The smallest absolute Gasteiger partial charge is 0.243 e. The lowest BCUT2D eigenvalue weighted by Gasteiger charge is -2.14. The molecule has 2 aromatic heterocycles. The number of anilines is 1. The first-order chi connectivity index (χ1) is 12.7. The predicted molar refractivity (Wildman–Crippen MR) is 105 cm³/mol. The van der Waals surface area contributed by atoms with Gasteiger partial charge in [-0.1, -0.05) is 59.4 Å². The van der Waals surface area contributed by atoms with Crippen LogP contribution in [-0.2, 0) is 4.79 Å². The van der Waals surface area contributed by atoms with Gasteiger partial charge in [0.25, 0.3) is 0 Å². The van der Waals surface area contributed by atoms with E-state index in [2.05, 4.69) is 15.5 Å². The van der Waals surface area contributed by atoms with Gasteiger partial charge in [0.05, 0.1) is 10.2 Å². The Kier molecular flexibility index (Phi) is 4.73. The molecule has 4 rings (SSSR count). The Balaban J connectivity index is 1.63. The fourth-order valence-corrected chi connectivity index (χ4v) is 4.78. The number of aryl methyl sites for hydroxylation is 1. The van der Waals surface area contributed by atoms with Crippen LogP contribution in [0.5, 0.6) is 0 Å². The first-order valence-electron chi connectivity index (χ1n) is 8.00. The van der Waals surface area contributed by atoms with Crippen molar-refractivity contribution in [1.29, 1.82) is 0 Å². The van der Waals surface area contributed by atoms with E-state index >= 15 is 0 Å². The minimum atomic E-state index is -0.436. The Morgan fingerprint density at radius 1 is 1.15 bits per heavy atom. The van der Waals surface area contributed by atoms with E-state index in [-0.39, 0.29) is 5.91 Å². The van der Waals surface area contributed by atoms with Crippen molar-refractivity contribution in [3.05, 3.63) is 72.0 Å². The number of nitrogens with one attached hydrogen (secondary N) is 1. The van der Waals surface area contributed by atoms with Gasteiger partial charge in [-0.05, 0) is 24.6 Å². The zero-order valence-electron chi connectivity index (χ0n) is 13.9. The Morgan fingerprint density at radius 2 is 1.92 bits per heavy atom. The molecule has 1 N–H and O–H groups in total. The van der Waals surface area contributed by atoms with E-state index in [0.717, 1.165) is 20.1 Å². The number of carbonyl (C=O) groups is 1. The molecule has 0 saturated heterocycles. The molecular formula is C19H15N3O2S2. The summed E-state index contributed by atoms with van der Waals surface area (Å²) in [4.78, 5) is 17.5. The first-order valence-corrected chi connectivity index (χ1v) is 9.70. The molecule has 130 valence electrons. The quantitative estimate of drug-likeness (QED) is 0.489. The van der Waals surface area contributed by atoms with Gasteiger partial charge in [-0.2, -0.15) is 0 Å². The van der Waals surface area contributed by atoms with Gasteiger partial charge in [-0.15, -0.1) is 11.3 Å². The lowest BCUT2D eigenvalue weighted by molar-refractivity contribution is -0.115. The highest BCUT2D eigenvalue weighted by atomic mass is 32.2. The summed E-state index contributed by atoms with van der Waals surface area (Å²) in [6.07, 6.45) is 0. The first kappa shape index (κ1) is 16.8. The van der Waals surface area contributed by atoms with Crippen LogP contribution in [-0.4, -0.2) is 16.0 Å². The number of benzene rings is 2. The normalized spacial score (nSPS) is 12.2. The fourth-order valence-electron chi connectivity index (χ4n) is 2.52. The number of para-hydroxylation sites is 1. The zero-order valence-corrected chi connectivity index (χ0v) is 15.5. The molecule has 1 amide bonds. The summed E-state index contributed by atoms with van der Waals surface area (Å²) < 4.78 is 6.99. The van der Waals surface area contributed by atoms with Gasteiger partial charge in [-0.3, -0.25) is 4.79 Å². The number of aromatic nitrogens is 2. The molecule has 0 saturated carbocycles. The van der Waals surface area contributed by atoms with Crippen molar-refractivity contribution in [2.24, 2.45) is 0 Å². The minimum Gasteiger partial charge on any atom is -0.360 e. The standard InChI is InChI=1S/C19H15N3O2S2/c1-12-11-16(22-24-12)21-18(23)17(13-7-3-2-4-8-13)26-19-20-14-9-5-6-10-15(14)25-19/h2-11,17H,1H3,(H,21,22,23)/t17-/m0/s1. The average Bonchev–Trinajstić information content (AvgIpc) is 3.25. The number of thiazole rings is 1. The topological polar surface area (TPSA) is 68.0 Å². The lowest BCUT2D eigenvalue weighted by atomic mass is 10.1. The van der Waals surface area contributed by atoms with Gasteiger partial charge in [-0.25, -0.2) is 4.98 Å². The number of carbonyl (C=O) groups excluding carboxylic acids is 1. The Labute approximate surface area is 158 Å². The highest BCUT2D eigenvalue weighted by Crippen LogP contribution is 2.39. The third kappa shape index (κ3) is 3.63. The molecule has 0 bridgehead atoms. The van der Waals surface area contributed by atoms with Crippen molar-refractivity contribution >= 4 is 45.0 Å². The maximum atomic E-state index is 12.9. The highest BCUT2D eigenvalue weighted by molar-refractivity contribution is 8.02. The van der Waals surface area contributed by atoms with Gasteiger partial charge >= 0.3 is 0 Å². The number of amides is 1. The summed E-state index contributed by atoms with van der Waals surface area (Å²) in [5, 5.41) is 6.24. The Bertz CT molecular complexity index is 1010. The van der Waals surface area contributed by atoms with Crippen molar-refractivity contribution in [3.63, 3.8) is 0 Å². The molecule has 0 aliphatic rings. The minimum absolute atomic E-state index is 0.159. The van der Waals surface area contributed by atoms with Gasteiger partial charge < -0.3 is 9.84 Å². The van der Waals surface area contributed by atoms with Gasteiger partial charge in [0, 0.05) is 6.07 Å². The molecule has 0 radical (unpaired) electrons. The van der Waals surface area contributed by atoms with E-state index in [1.54, 1.807) is 24.3 Å². The number of rotatable bonds is 5. The summed E-state index contributed by atoms with van der Waals surface area (Å²) in [6, 6.07) is 19.3. The van der Waals surface area contributed by atoms with E-state index in [9.17, 15) is 4.79 Å². The van der Waals surface area contributed by atoms with Crippen LogP contribution in [0.4, 0.5) is 5.82 Å². The van der Waals surface area contributed by atoms with Crippen LogP contribution in [0, 0.1) is 6.92 Å². The second-order valence-electron chi connectivity index (χ2n) is 5.67. The van der Waals surface area contributed by atoms with Gasteiger partial charge in [0.2, 0.25) is 5.91 Å². The third-order valence-electron chi connectivity index (χ3n) is 3.71. The molecule has 5 nitrogen and oxygen atoms in total. The molecule has 26 heavy (non-hydrogen) atoms. The molecule has 2 heterocycles. The van der Waals surface area contributed by atoms with E-state index in [1.807, 2.05) is 54.6 Å². The van der Waals surface area contributed by atoms with E-state index < -0.39 is 5.25 Å². The Morgan fingerprint density at radius 3 is 2.65 bits per heavy atom. The number of nitrogens with zero attached hydrogens (tertiary/aromatic N) is 2. The predicted octanol–water partition coefficient (Wildman–Crippen LogP) is 5.06. The molecule has 0 aliphatic carbocycles. The van der Waals surface area contributed by atoms with Crippen molar-refractivity contribution in [3.8, 4) is 0 Å². The van der Waals surface area contributed by atoms with Crippen molar-refractivity contribution < 1.29 is 9.32 Å². The summed E-state index contributed by atoms with van der Waals surface area (Å²) in [5.41, 5.74) is 1.86. The number of hydrogen-bond acceptors (Lipinski definition) is 6. The van der Waals surface area contributed by atoms with Crippen LogP contribution in [0.1, 0.15) is 16.6 Å². The molecule has 4 aromatic rings. The summed E-state index contributed by atoms with van der Waals surface area (Å²) in [6.45, 7) is 1.78. The van der Waals surface area contributed by atoms with Crippen LogP contribution in [0.15, 0.2) is 69.5 Å². The Hall–Kier alpha value is -2.64. The second kappa shape index (κ2) is 7.31. The number of hydrogen-bond donors (Lipinski definition) is 1. The molecule has 0 spiro atoms. The average molecular weight is 381 g/mol. The van der Waals surface area contributed by atoms with Crippen LogP contribution in [0.25, 0.3) is 10.2 Å². The van der Waals surface area contributed by atoms with Gasteiger partial charge in [0.15, 0.2) is 10.2 Å². The number of thioether (sulfide) groups is 1. The monoisotopic (exact) mass is 381 g/mol. The van der Waals surface area contributed by atoms with Crippen LogP contribution in [0.2, 0.25) is 0 Å². The third-order valence-corrected chi connectivity index (χ3v) is 6.10. The fraction of sp³-hybridized carbons (Fsp3) is 0.105. The molecule has 0 fully saturated rings. The summed E-state index contributed by atoms with van der Waals surface area (Å²) >= 11 is 3.02. The molecule has 1 atom stereocenters. The zero-order chi connectivity index (χ0) is 17.9. The van der Waals surface area contributed by atoms with Crippen molar-refractivity contribution in [2.45, 2.75) is 16.5 Å². The lowest BCUT2D eigenvalue weighted by Crippen LogP contribution is -2.19. The van der Waals surface area contributed by atoms with Crippen molar-refractivity contribution in [2.75, 3.05) is 5.32 Å². The molecular weight excluding hydrogens is 366 g/mol. The maximum absolute atomic E-state index is 12.9. The van der Waals surface area contributed by atoms with Crippen LogP contribution >= 0.6 is 23.1 Å². The molecule has 7 heteroatoms. The second-order valence-corrected chi connectivity index (χ2v) is 8.05. The van der Waals surface area contributed by atoms with E-state index in [0.29, 0.717) is 11.6 Å². The molecule has 2 aromatic carbocycles. The van der Waals surface area contributed by atoms with Crippen LogP contribution < -0.4 is 5.32 Å². The van der Waals surface area contributed by atoms with Crippen molar-refractivity contribution in [1.82, 2.24) is 10.1 Å². The highest BCUT2D eigenvalue weighted by Gasteiger charge is 2.24. The van der Waals surface area contributed by atoms with E-state index in [4.69, 9.17) is 4.52 Å². The van der Waals surface area contributed by atoms with Gasteiger partial charge in [0.1, 0.15) is 11.0 Å². The summed E-state index contributed by atoms with van der Waals surface area (Å²) in [7, 11) is 0. The number of fused-ring (bicyclic) bond motifs is 1. The SMILES string of the molecule is Cc1cc(NC(=O)[C@@H](Sc2nc3ccccc3s2)c2ccccc2)no1. The molecule has 0 aliphatic heterocycles. The van der Waals surface area contributed by atoms with Crippen LogP contribution in [0.3, 0.4) is 0 Å². The van der Waals surface area contributed by atoms with E-state index in [1.165, 1.54) is 11.8 Å². The largest absolute Gasteiger partial charge is 0.360 e.